The zero-order valence-electron chi connectivity index (χ0n) is 21.3. The van der Waals surface area contributed by atoms with E-state index in [4.69, 9.17) is 5.11 Å². The van der Waals surface area contributed by atoms with Crippen LogP contribution in [-0.2, 0) is 0 Å². The fraction of sp³-hybridized carbons (Fsp3) is 0.538. The van der Waals surface area contributed by atoms with E-state index in [2.05, 4.69) is 19.9 Å². The van der Waals surface area contributed by atoms with E-state index in [-0.39, 0.29) is 12.5 Å². The molecule has 2 aliphatic rings. The summed E-state index contributed by atoms with van der Waals surface area (Å²) in [6, 6.07) is 9.35. The van der Waals surface area contributed by atoms with Crippen LogP contribution in [0.5, 0.6) is 0 Å². The number of hydrogen-bond acceptors (Lipinski definition) is 7. The van der Waals surface area contributed by atoms with E-state index in [9.17, 15) is 13.6 Å². The van der Waals surface area contributed by atoms with Crippen molar-refractivity contribution >= 4 is 40.9 Å². The molecule has 0 radical (unpaired) electrons. The maximum Gasteiger partial charge on any atom is 0.258 e. The number of aryl methyl sites for hydroxylation is 1. The minimum Gasteiger partial charge on any atom is -0.395 e. The van der Waals surface area contributed by atoms with Crippen LogP contribution < -0.4 is 19.8 Å². The number of hydrogen-bond donors (Lipinski definition) is 3. The fourth-order valence-electron chi connectivity index (χ4n) is 4.49. The van der Waals surface area contributed by atoms with Crippen molar-refractivity contribution in [2.75, 3.05) is 65.8 Å². The molecule has 1 aliphatic heterocycles. The molecule has 0 bridgehead atoms. The molecular formula is C26H37F2N5O2S. The molecule has 1 aromatic heterocycles. The maximum atomic E-state index is 13.4. The topological polar surface area (TPSA) is 80.7 Å². The largest absolute Gasteiger partial charge is 0.395 e. The molecule has 1 saturated carbocycles. The Morgan fingerprint density at radius 1 is 1.19 bits per heavy atom. The van der Waals surface area contributed by atoms with Crippen molar-refractivity contribution in [1.82, 2.24) is 4.98 Å². The van der Waals surface area contributed by atoms with Crippen molar-refractivity contribution in [3.8, 4) is 0 Å². The number of aromatic nitrogens is 1. The van der Waals surface area contributed by atoms with Crippen LogP contribution in [0.1, 0.15) is 48.5 Å². The third-order valence-electron chi connectivity index (χ3n) is 6.80. The zero-order chi connectivity index (χ0) is 26.1. The molecule has 0 atom stereocenters. The minimum absolute atomic E-state index is 0.0998. The van der Waals surface area contributed by atoms with Gasteiger partial charge in [-0.2, -0.15) is 0 Å². The van der Waals surface area contributed by atoms with Crippen LogP contribution in [0, 0.1) is 12.3 Å². The Kier molecular flexibility index (Phi) is 10.2. The quantitative estimate of drug-likeness (QED) is 0.219. The van der Waals surface area contributed by atoms with Crippen LogP contribution in [0.3, 0.4) is 0 Å². The van der Waals surface area contributed by atoms with E-state index in [1.165, 1.54) is 29.7 Å². The van der Waals surface area contributed by atoms with Gasteiger partial charge in [0.25, 0.3) is 5.91 Å². The number of carbonyl (C=O) groups excluding carboxylic acids is 1. The van der Waals surface area contributed by atoms with Gasteiger partial charge in [0.1, 0.15) is 11.6 Å². The molecule has 0 unspecified atom stereocenters. The number of halogens is 2. The second kappa shape index (κ2) is 13.1. The van der Waals surface area contributed by atoms with Gasteiger partial charge in [0, 0.05) is 31.1 Å². The van der Waals surface area contributed by atoms with Gasteiger partial charge < -0.3 is 24.9 Å². The summed E-state index contributed by atoms with van der Waals surface area (Å²) in [6.07, 6.45) is 4.96. The Hall–Kier alpha value is -2.59. The van der Waals surface area contributed by atoms with Gasteiger partial charge >= 0.3 is 0 Å². The standard InChI is InChI=1S/C25H34FN5O2S.CH3F/c1-3-30(17-26)23-15-18(2)14-22(27-23)28-24(33)20-5-4-19(29-34-13-12-32)16-21(20)31-10-8-25(6-7-25)9-11-31;1-2/h4-5,14-16,29,32H,3,6-13,17H2,1-2H3,(H,27,28,33);1H3. The van der Waals surface area contributed by atoms with E-state index in [1.54, 1.807) is 6.07 Å². The molecule has 7 nitrogen and oxygen atoms in total. The van der Waals surface area contributed by atoms with Gasteiger partial charge in [0.2, 0.25) is 0 Å². The lowest BCUT2D eigenvalue weighted by atomic mass is 9.93. The number of benzene rings is 1. The molecule has 1 aromatic carbocycles. The van der Waals surface area contributed by atoms with E-state index < -0.39 is 6.80 Å². The van der Waals surface area contributed by atoms with Crippen molar-refractivity contribution < 1.29 is 18.7 Å². The number of nitrogens with one attached hydrogen (secondary N) is 2. The number of anilines is 4. The number of aliphatic hydroxyl groups excluding tert-OH is 1. The minimum atomic E-state index is -0.635. The van der Waals surface area contributed by atoms with Crippen molar-refractivity contribution in [2.45, 2.75) is 39.5 Å². The first-order valence-corrected chi connectivity index (χ1v) is 13.3. The number of alkyl halides is 2. The Morgan fingerprint density at radius 2 is 1.92 bits per heavy atom. The van der Waals surface area contributed by atoms with Crippen molar-refractivity contribution in [3.05, 3.63) is 41.5 Å². The normalized spacial score (nSPS) is 15.7. The van der Waals surface area contributed by atoms with Gasteiger partial charge in [-0.1, -0.05) is 11.9 Å². The molecule has 2 aromatic rings. The van der Waals surface area contributed by atoms with Crippen LogP contribution in [-0.4, -0.2) is 62.0 Å². The van der Waals surface area contributed by atoms with Gasteiger partial charge in [-0.3, -0.25) is 9.18 Å². The second-order valence-corrected chi connectivity index (χ2v) is 10.1. The molecule has 1 aliphatic carbocycles. The molecule has 2 fully saturated rings. The lowest BCUT2D eigenvalue weighted by molar-refractivity contribution is 0.102. The first-order chi connectivity index (χ1) is 17.5. The molecule has 10 heteroatoms. The SMILES string of the molecule is CCN(CF)c1cc(C)cc(NC(=O)c2ccc(NSCCO)cc2N2CCC3(CC2)CC3)n1.CF. The summed E-state index contributed by atoms with van der Waals surface area (Å²) in [5.74, 6) is 1.27. The summed E-state index contributed by atoms with van der Waals surface area (Å²) in [6.45, 7) is 5.60. The molecule has 1 saturated heterocycles. The predicted molar refractivity (Wildman–Crippen MR) is 146 cm³/mol. The van der Waals surface area contributed by atoms with Crippen molar-refractivity contribution in [2.24, 2.45) is 5.41 Å². The number of piperidine rings is 1. The summed E-state index contributed by atoms with van der Waals surface area (Å²) >= 11 is 1.43. The highest BCUT2D eigenvalue weighted by Crippen LogP contribution is 2.54. The van der Waals surface area contributed by atoms with Crippen LogP contribution in [0.4, 0.5) is 31.8 Å². The lowest BCUT2D eigenvalue weighted by Gasteiger charge is -2.35. The summed E-state index contributed by atoms with van der Waals surface area (Å²) < 4.78 is 26.1. The number of aliphatic hydroxyl groups is 1. The number of amides is 1. The number of nitrogens with zero attached hydrogens (tertiary/aromatic N) is 3. The van der Waals surface area contributed by atoms with E-state index in [0.717, 1.165) is 42.9 Å². The summed E-state index contributed by atoms with van der Waals surface area (Å²) in [5, 5.41) is 12.0. The summed E-state index contributed by atoms with van der Waals surface area (Å²) in [4.78, 5) is 21.7. The monoisotopic (exact) mass is 521 g/mol. The lowest BCUT2D eigenvalue weighted by Crippen LogP contribution is -2.35. The number of rotatable bonds is 10. The summed E-state index contributed by atoms with van der Waals surface area (Å²) in [7, 11) is 0.500. The van der Waals surface area contributed by atoms with Crippen LogP contribution in [0.15, 0.2) is 30.3 Å². The molecule has 2 heterocycles. The second-order valence-electron chi connectivity index (χ2n) is 9.21. The highest BCUT2D eigenvalue weighted by molar-refractivity contribution is 8.00. The highest BCUT2D eigenvalue weighted by atomic mass is 32.2. The Balaban J connectivity index is 0.00000176. The van der Waals surface area contributed by atoms with Gasteiger partial charge in [-0.15, -0.1) is 0 Å². The van der Waals surface area contributed by atoms with E-state index in [1.807, 2.05) is 38.1 Å². The smallest absolute Gasteiger partial charge is 0.258 e. The first kappa shape index (κ1) is 28.0. The highest BCUT2D eigenvalue weighted by Gasteiger charge is 2.44. The van der Waals surface area contributed by atoms with Crippen molar-refractivity contribution in [3.63, 3.8) is 0 Å². The Bertz CT molecular complexity index is 1010. The van der Waals surface area contributed by atoms with E-state index in [0.29, 0.717) is 42.1 Å². The zero-order valence-corrected chi connectivity index (χ0v) is 22.1. The third kappa shape index (κ3) is 7.00. The average molecular weight is 522 g/mol. The van der Waals surface area contributed by atoms with Gasteiger partial charge in [-0.25, -0.2) is 9.37 Å². The predicted octanol–water partition coefficient (Wildman–Crippen LogP) is 5.41. The number of pyridine rings is 1. The molecule has 198 valence electrons. The van der Waals surface area contributed by atoms with Gasteiger partial charge in [-0.05, 0) is 80.8 Å². The molecule has 4 rings (SSSR count). The Morgan fingerprint density at radius 3 is 2.53 bits per heavy atom. The van der Waals surface area contributed by atoms with Crippen molar-refractivity contribution in [1.29, 1.82) is 0 Å². The fourth-order valence-corrected chi connectivity index (χ4v) is 4.98. The van der Waals surface area contributed by atoms with Gasteiger partial charge in [0.05, 0.1) is 25.0 Å². The van der Waals surface area contributed by atoms with Gasteiger partial charge in [0.15, 0.2) is 6.80 Å². The first-order valence-electron chi connectivity index (χ1n) is 12.3. The molecule has 1 amide bonds. The molecule has 3 N–H and O–H groups in total. The average Bonchev–Trinajstić information content (AvgIpc) is 3.65. The van der Waals surface area contributed by atoms with Crippen LogP contribution >= 0.6 is 11.9 Å². The summed E-state index contributed by atoms with van der Waals surface area (Å²) in [5.41, 5.74) is 3.82. The van der Waals surface area contributed by atoms with Crippen LogP contribution in [0.2, 0.25) is 0 Å². The molecule has 36 heavy (non-hydrogen) atoms. The van der Waals surface area contributed by atoms with E-state index >= 15 is 0 Å². The molecular weight excluding hydrogens is 484 g/mol. The van der Waals surface area contributed by atoms with Crippen LogP contribution in [0.25, 0.3) is 0 Å². The maximum absolute atomic E-state index is 13.4. The Labute approximate surface area is 216 Å². The number of carbonyl (C=O) groups is 1. The third-order valence-corrected chi connectivity index (χ3v) is 7.56. The molecule has 1 spiro atoms.